The zero-order valence-corrected chi connectivity index (χ0v) is 13.8. The summed E-state index contributed by atoms with van der Waals surface area (Å²) in [5.41, 5.74) is 0.364. The van der Waals surface area contributed by atoms with Crippen LogP contribution in [-0.4, -0.2) is 29.2 Å². The second-order valence-corrected chi connectivity index (χ2v) is 6.09. The number of amides is 1. The molecule has 0 bridgehead atoms. The van der Waals surface area contributed by atoms with Crippen molar-refractivity contribution < 1.29 is 4.79 Å². The van der Waals surface area contributed by atoms with E-state index in [4.69, 9.17) is 0 Å². The maximum Gasteiger partial charge on any atom is 0.271 e. The van der Waals surface area contributed by atoms with E-state index >= 15 is 0 Å². The van der Waals surface area contributed by atoms with E-state index in [1.165, 1.54) is 0 Å². The van der Waals surface area contributed by atoms with Gasteiger partial charge in [-0.05, 0) is 36.3 Å². The first kappa shape index (κ1) is 17.4. The molecule has 0 aliphatic carbocycles. The quantitative estimate of drug-likeness (QED) is 0.773. The lowest BCUT2D eigenvalue weighted by Gasteiger charge is -2.24. The van der Waals surface area contributed by atoms with E-state index in [0.29, 0.717) is 35.8 Å². The number of rotatable bonds is 8. The van der Waals surface area contributed by atoms with Gasteiger partial charge >= 0.3 is 0 Å². The van der Waals surface area contributed by atoms with Crippen molar-refractivity contribution in [1.29, 1.82) is 0 Å². The van der Waals surface area contributed by atoms with Crippen LogP contribution in [0.5, 0.6) is 0 Å². The number of hydrogen-bond donors (Lipinski definition) is 2. The van der Waals surface area contributed by atoms with Crippen molar-refractivity contribution >= 4 is 11.7 Å². The fourth-order valence-electron chi connectivity index (χ4n) is 2.34. The van der Waals surface area contributed by atoms with Crippen molar-refractivity contribution in [3.63, 3.8) is 0 Å². The number of aromatic nitrogens is 2. The maximum absolute atomic E-state index is 12.1. The lowest BCUT2D eigenvalue weighted by atomic mass is 9.85. The van der Waals surface area contributed by atoms with Gasteiger partial charge in [0, 0.05) is 13.1 Å². The number of anilines is 1. The number of nitrogens with one attached hydrogen (secondary N) is 2. The van der Waals surface area contributed by atoms with Gasteiger partial charge in [-0.25, -0.2) is 0 Å². The van der Waals surface area contributed by atoms with Gasteiger partial charge in [-0.3, -0.25) is 4.79 Å². The highest BCUT2D eigenvalue weighted by Gasteiger charge is 2.19. The van der Waals surface area contributed by atoms with Crippen molar-refractivity contribution in [2.75, 3.05) is 18.4 Å². The molecule has 0 aliphatic rings. The van der Waals surface area contributed by atoms with Crippen LogP contribution in [0.25, 0.3) is 0 Å². The zero-order valence-electron chi connectivity index (χ0n) is 13.8. The number of hydrogen-bond acceptors (Lipinski definition) is 4. The lowest BCUT2D eigenvalue weighted by molar-refractivity contribution is 0.0931. The topological polar surface area (TPSA) is 66.9 Å². The molecule has 0 aliphatic heterocycles. The van der Waals surface area contributed by atoms with Crippen LogP contribution in [0.2, 0.25) is 0 Å². The van der Waals surface area contributed by atoms with Gasteiger partial charge in [-0.15, -0.1) is 10.2 Å². The Bertz CT molecular complexity index is 420. The minimum absolute atomic E-state index is 0.157. The summed E-state index contributed by atoms with van der Waals surface area (Å²) in [7, 11) is 0. The van der Waals surface area contributed by atoms with E-state index < -0.39 is 0 Å². The second-order valence-electron chi connectivity index (χ2n) is 6.09. The molecule has 0 radical (unpaired) electrons. The summed E-state index contributed by atoms with van der Waals surface area (Å²) < 4.78 is 0. The molecule has 0 aromatic carbocycles. The van der Waals surface area contributed by atoms with Gasteiger partial charge < -0.3 is 10.6 Å². The Balaban J connectivity index is 2.55. The summed E-state index contributed by atoms with van der Waals surface area (Å²) in [6, 6.07) is 3.50. The Morgan fingerprint density at radius 3 is 2.29 bits per heavy atom. The van der Waals surface area contributed by atoms with Gasteiger partial charge in [0.05, 0.1) is 0 Å². The van der Waals surface area contributed by atoms with Gasteiger partial charge in [0.1, 0.15) is 5.82 Å². The molecule has 5 nitrogen and oxygen atoms in total. The summed E-state index contributed by atoms with van der Waals surface area (Å²) in [6.07, 6.45) is 1.02. The second kappa shape index (κ2) is 8.60. The molecule has 1 heterocycles. The standard InChI is InChI=1S/C16H28N4O/c1-6-9-17-15-8-7-14(19-20-15)16(21)18-10-13(11(2)3)12(4)5/h7-8,11-13H,6,9-10H2,1-5H3,(H,17,20)(H,18,21). The van der Waals surface area contributed by atoms with E-state index in [1.54, 1.807) is 12.1 Å². The SMILES string of the molecule is CCCNc1ccc(C(=O)NCC(C(C)C)C(C)C)nn1. The van der Waals surface area contributed by atoms with E-state index in [0.717, 1.165) is 13.0 Å². The largest absolute Gasteiger partial charge is 0.369 e. The molecule has 0 spiro atoms. The first-order valence-electron chi connectivity index (χ1n) is 7.81. The Kier molecular flexibility index (Phi) is 7.12. The average Bonchev–Trinajstić information content (AvgIpc) is 2.44. The van der Waals surface area contributed by atoms with Crippen molar-refractivity contribution in [2.45, 2.75) is 41.0 Å². The van der Waals surface area contributed by atoms with Crippen molar-refractivity contribution in [3.05, 3.63) is 17.8 Å². The van der Waals surface area contributed by atoms with Gasteiger partial charge in [0.15, 0.2) is 5.69 Å². The summed E-state index contributed by atoms with van der Waals surface area (Å²) in [4.78, 5) is 12.1. The zero-order chi connectivity index (χ0) is 15.8. The highest BCUT2D eigenvalue weighted by molar-refractivity contribution is 5.92. The number of nitrogens with zero attached hydrogens (tertiary/aromatic N) is 2. The molecule has 0 saturated carbocycles. The van der Waals surface area contributed by atoms with Gasteiger partial charge in [-0.1, -0.05) is 34.6 Å². The molecule has 0 atom stereocenters. The first-order valence-corrected chi connectivity index (χ1v) is 7.81. The molecular formula is C16H28N4O. The number of carbonyl (C=O) groups excluding carboxylic acids is 1. The third-order valence-corrected chi connectivity index (χ3v) is 3.66. The van der Waals surface area contributed by atoms with Crippen LogP contribution < -0.4 is 10.6 Å². The molecule has 2 N–H and O–H groups in total. The van der Waals surface area contributed by atoms with Gasteiger partial charge in [0.2, 0.25) is 0 Å². The molecule has 1 aromatic rings. The van der Waals surface area contributed by atoms with Gasteiger partial charge in [-0.2, -0.15) is 0 Å². The van der Waals surface area contributed by atoms with Crippen molar-refractivity contribution in [3.8, 4) is 0 Å². The Hall–Kier alpha value is -1.65. The van der Waals surface area contributed by atoms with Crippen molar-refractivity contribution in [1.82, 2.24) is 15.5 Å². The molecular weight excluding hydrogens is 264 g/mol. The maximum atomic E-state index is 12.1. The average molecular weight is 292 g/mol. The third-order valence-electron chi connectivity index (χ3n) is 3.66. The molecule has 0 fully saturated rings. The smallest absolute Gasteiger partial charge is 0.271 e. The molecule has 5 heteroatoms. The molecule has 21 heavy (non-hydrogen) atoms. The fourth-order valence-corrected chi connectivity index (χ4v) is 2.34. The summed E-state index contributed by atoms with van der Waals surface area (Å²) in [5, 5.41) is 14.1. The molecule has 1 amide bonds. The normalized spacial score (nSPS) is 11.2. The Morgan fingerprint density at radius 2 is 1.81 bits per heavy atom. The predicted molar refractivity (Wildman–Crippen MR) is 86.3 cm³/mol. The van der Waals surface area contributed by atoms with Crippen molar-refractivity contribution in [2.24, 2.45) is 17.8 Å². The molecule has 0 unspecified atom stereocenters. The predicted octanol–water partition coefficient (Wildman–Crippen LogP) is 2.96. The summed E-state index contributed by atoms with van der Waals surface area (Å²) in [6.45, 7) is 12.4. The van der Waals surface area contributed by atoms with E-state index in [1.807, 2.05) is 0 Å². The monoisotopic (exact) mass is 292 g/mol. The highest BCUT2D eigenvalue weighted by atomic mass is 16.1. The number of carbonyl (C=O) groups is 1. The van der Waals surface area contributed by atoms with Crippen LogP contribution in [-0.2, 0) is 0 Å². The van der Waals surface area contributed by atoms with Crippen LogP contribution in [0.3, 0.4) is 0 Å². The fraction of sp³-hybridized carbons (Fsp3) is 0.688. The summed E-state index contributed by atoms with van der Waals surface area (Å²) in [5.74, 6) is 2.09. The molecule has 0 saturated heterocycles. The highest BCUT2D eigenvalue weighted by Crippen LogP contribution is 2.19. The van der Waals surface area contributed by atoms with E-state index in [-0.39, 0.29) is 5.91 Å². The first-order chi connectivity index (χ1) is 9.95. The molecule has 1 rings (SSSR count). The Morgan fingerprint density at radius 1 is 1.14 bits per heavy atom. The van der Waals surface area contributed by atoms with Gasteiger partial charge in [0.25, 0.3) is 5.91 Å². The Labute approximate surface area is 127 Å². The minimum Gasteiger partial charge on any atom is -0.369 e. The third kappa shape index (κ3) is 5.69. The molecule has 118 valence electrons. The van der Waals surface area contributed by atoms with Crippen LogP contribution in [0.15, 0.2) is 12.1 Å². The van der Waals surface area contributed by atoms with Crippen LogP contribution in [0, 0.1) is 17.8 Å². The van der Waals surface area contributed by atoms with E-state index in [9.17, 15) is 4.79 Å². The van der Waals surface area contributed by atoms with Crippen LogP contribution >= 0.6 is 0 Å². The van der Waals surface area contributed by atoms with Crippen LogP contribution in [0.1, 0.15) is 51.5 Å². The molecule has 1 aromatic heterocycles. The van der Waals surface area contributed by atoms with E-state index in [2.05, 4.69) is 55.4 Å². The van der Waals surface area contributed by atoms with Crippen LogP contribution in [0.4, 0.5) is 5.82 Å². The minimum atomic E-state index is -0.157. The summed E-state index contributed by atoms with van der Waals surface area (Å²) >= 11 is 0. The lowest BCUT2D eigenvalue weighted by Crippen LogP contribution is -2.34.